The van der Waals surface area contributed by atoms with E-state index in [1.807, 2.05) is 32.0 Å². The summed E-state index contributed by atoms with van der Waals surface area (Å²) in [6, 6.07) is 16.9. The summed E-state index contributed by atoms with van der Waals surface area (Å²) in [7, 11) is -3.94. The Bertz CT molecular complexity index is 981. The molecule has 0 aliphatic heterocycles. The van der Waals surface area contributed by atoms with E-state index in [-0.39, 0.29) is 23.8 Å². The van der Waals surface area contributed by atoms with Crippen molar-refractivity contribution < 1.29 is 22.7 Å². The predicted octanol–water partition coefficient (Wildman–Crippen LogP) is 3.76. The van der Waals surface area contributed by atoms with Crippen LogP contribution in [-0.4, -0.2) is 37.7 Å². The standard InChI is InChI=1S/C23H27NO5S/c1-18(2)24(19-11-5-3-6-12-19)21(25)17-29-22(26)23(15-9-10-16-23)30(27,28)20-13-7-4-8-14-20/h3-8,11-14,18H,9-10,15-17H2,1-2H3. The summed E-state index contributed by atoms with van der Waals surface area (Å²) in [5, 5.41) is 0. The third-order valence-corrected chi connectivity index (χ3v) is 7.99. The van der Waals surface area contributed by atoms with Gasteiger partial charge in [0.25, 0.3) is 5.91 Å². The van der Waals surface area contributed by atoms with E-state index in [4.69, 9.17) is 4.74 Å². The SMILES string of the molecule is CC(C)N(C(=O)COC(=O)C1(S(=O)(=O)c2ccccc2)CCCC1)c1ccccc1. The molecule has 0 aromatic heterocycles. The Hall–Kier alpha value is -2.67. The predicted molar refractivity (Wildman–Crippen MR) is 115 cm³/mol. The second-order valence-electron chi connectivity index (χ2n) is 7.79. The van der Waals surface area contributed by atoms with Crippen molar-refractivity contribution in [2.24, 2.45) is 0 Å². The lowest BCUT2D eigenvalue weighted by Crippen LogP contribution is -2.47. The number of nitrogens with zero attached hydrogens (tertiary/aromatic N) is 1. The summed E-state index contributed by atoms with van der Waals surface area (Å²) in [5.41, 5.74) is 0.695. The van der Waals surface area contributed by atoms with Crippen LogP contribution in [0.2, 0.25) is 0 Å². The minimum Gasteiger partial charge on any atom is -0.454 e. The van der Waals surface area contributed by atoms with E-state index >= 15 is 0 Å². The second kappa shape index (κ2) is 9.00. The first-order valence-corrected chi connectivity index (χ1v) is 11.6. The molecule has 2 aromatic carbocycles. The maximum Gasteiger partial charge on any atom is 0.328 e. The third kappa shape index (κ3) is 4.12. The van der Waals surface area contributed by atoms with Crippen molar-refractivity contribution in [2.75, 3.05) is 11.5 Å². The lowest BCUT2D eigenvalue weighted by Gasteiger charge is -2.29. The van der Waals surface area contributed by atoms with Gasteiger partial charge >= 0.3 is 5.97 Å². The van der Waals surface area contributed by atoms with Crippen molar-refractivity contribution in [1.82, 2.24) is 0 Å². The molecular formula is C23H27NO5S. The Balaban J connectivity index is 1.80. The molecule has 0 unspecified atom stereocenters. The molecule has 160 valence electrons. The van der Waals surface area contributed by atoms with Crippen LogP contribution in [0.25, 0.3) is 0 Å². The van der Waals surface area contributed by atoms with Crippen LogP contribution >= 0.6 is 0 Å². The lowest BCUT2D eigenvalue weighted by molar-refractivity contribution is -0.150. The van der Waals surface area contributed by atoms with Gasteiger partial charge in [-0.15, -0.1) is 0 Å². The number of benzene rings is 2. The summed E-state index contributed by atoms with van der Waals surface area (Å²) in [6.07, 6.45) is 1.64. The second-order valence-corrected chi connectivity index (χ2v) is 10.0. The smallest absolute Gasteiger partial charge is 0.328 e. The fourth-order valence-electron chi connectivity index (χ4n) is 4.00. The van der Waals surface area contributed by atoms with Crippen molar-refractivity contribution in [3.63, 3.8) is 0 Å². The molecule has 0 radical (unpaired) electrons. The Morgan fingerprint density at radius 2 is 1.50 bits per heavy atom. The van der Waals surface area contributed by atoms with Gasteiger partial charge < -0.3 is 9.64 Å². The molecule has 0 N–H and O–H groups in total. The van der Waals surface area contributed by atoms with E-state index in [1.165, 1.54) is 12.1 Å². The number of amides is 1. The first-order chi connectivity index (χ1) is 14.3. The van der Waals surface area contributed by atoms with Gasteiger partial charge in [0.15, 0.2) is 21.2 Å². The average Bonchev–Trinajstić information content (AvgIpc) is 3.25. The molecule has 30 heavy (non-hydrogen) atoms. The monoisotopic (exact) mass is 429 g/mol. The van der Waals surface area contributed by atoms with Crippen LogP contribution in [0.15, 0.2) is 65.6 Å². The summed E-state index contributed by atoms with van der Waals surface area (Å²) in [6.45, 7) is 3.23. The number of esters is 1. The highest BCUT2D eigenvalue weighted by Crippen LogP contribution is 2.41. The Morgan fingerprint density at radius 3 is 2.03 bits per heavy atom. The molecule has 0 saturated heterocycles. The van der Waals surface area contributed by atoms with Crippen LogP contribution in [-0.2, 0) is 24.2 Å². The number of hydrogen-bond acceptors (Lipinski definition) is 5. The maximum absolute atomic E-state index is 13.3. The number of anilines is 1. The molecule has 0 spiro atoms. The average molecular weight is 430 g/mol. The third-order valence-electron chi connectivity index (χ3n) is 5.50. The van der Waals surface area contributed by atoms with Crippen molar-refractivity contribution in [3.05, 3.63) is 60.7 Å². The summed E-state index contributed by atoms with van der Waals surface area (Å²) < 4.78 is 30.3. The van der Waals surface area contributed by atoms with Gasteiger partial charge in [0.05, 0.1) is 4.90 Å². The molecule has 1 saturated carbocycles. The summed E-state index contributed by atoms with van der Waals surface area (Å²) in [5.74, 6) is -1.23. The molecule has 6 nitrogen and oxygen atoms in total. The molecular weight excluding hydrogens is 402 g/mol. The number of ether oxygens (including phenoxy) is 1. The van der Waals surface area contributed by atoms with E-state index < -0.39 is 33.1 Å². The lowest BCUT2D eigenvalue weighted by atomic mass is 10.1. The molecule has 1 amide bonds. The maximum atomic E-state index is 13.3. The summed E-state index contributed by atoms with van der Waals surface area (Å²) >= 11 is 0. The number of rotatable bonds is 7. The van der Waals surface area contributed by atoms with E-state index in [0.717, 1.165) is 0 Å². The highest BCUT2D eigenvalue weighted by atomic mass is 32.2. The minimum atomic E-state index is -3.94. The zero-order valence-electron chi connectivity index (χ0n) is 17.3. The van der Waals surface area contributed by atoms with Crippen molar-refractivity contribution in [2.45, 2.75) is 55.2 Å². The van der Waals surface area contributed by atoms with Gasteiger partial charge in [-0.05, 0) is 51.0 Å². The van der Waals surface area contributed by atoms with Crippen molar-refractivity contribution >= 4 is 27.4 Å². The molecule has 3 rings (SSSR count). The van der Waals surface area contributed by atoms with Crippen LogP contribution in [0.3, 0.4) is 0 Å². The van der Waals surface area contributed by atoms with Gasteiger partial charge in [-0.2, -0.15) is 0 Å². The van der Waals surface area contributed by atoms with Crippen LogP contribution < -0.4 is 4.90 Å². The molecule has 1 aliphatic rings. The van der Waals surface area contributed by atoms with Crippen LogP contribution in [0, 0.1) is 0 Å². The molecule has 2 aromatic rings. The molecule has 0 atom stereocenters. The van der Waals surface area contributed by atoms with Gasteiger partial charge in [-0.3, -0.25) is 9.59 Å². The van der Waals surface area contributed by atoms with E-state index in [9.17, 15) is 18.0 Å². The minimum absolute atomic E-state index is 0.100. The number of carbonyl (C=O) groups excluding carboxylic acids is 2. The van der Waals surface area contributed by atoms with E-state index in [1.54, 1.807) is 35.2 Å². The normalized spacial score (nSPS) is 15.7. The number of hydrogen-bond donors (Lipinski definition) is 0. The fraction of sp³-hybridized carbons (Fsp3) is 0.391. The Morgan fingerprint density at radius 1 is 0.967 bits per heavy atom. The highest BCUT2D eigenvalue weighted by Gasteiger charge is 2.54. The number of sulfone groups is 1. The molecule has 7 heteroatoms. The zero-order chi connectivity index (χ0) is 21.8. The van der Waals surface area contributed by atoms with Crippen LogP contribution in [0.4, 0.5) is 5.69 Å². The largest absolute Gasteiger partial charge is 0.454 e. The quantitative estimate of drug-likeness (QED) is 0.626. The van der Waals surface area contributed by atoms with Crippen LogP contribution in [0.1, 0.15) is 39.5 Å². The highest BCUT2D eigenvalue weighted by molar-refractivity contribution is 7.93. The van der Waals surface area contributed by atoms with Gasteiger partial charge in [0, 0.05) is 11.7 Å². The summed E-state index contributed by atoms with van der Waals surface area (Å²) in [4.78, 5) is 27.5. The van der Waals surface area contributed by atoms with E-state index in [0.29, 0.717) is 18.5 Å². The van der Waals surface area contributed by atoms with Crippen molar-refractivity contribution in [1.29, 1.82) is 0 Å². The van der Waals surface area contributed by atoms with Gasteiger partial charge in [0.2, 0.25) is 0 Å². The van der Waals surface area contributed by atoms with Crippen LogP contribution in [0.5, 0.6) is 0 Å². The zero-order valence-corrected chi connectivity index (χ0v) is 18.1. The molecule has 1 aliphatic carbocycles. The first kappa shape index (κ1) is 22.0. The van der Waals surface area contributed by atoms with Gasteiger partial charge in [0.1, 0.15) is 0 Å². The Labute approximate surface area is 177 Å². The Kier molecular flexibility index (Phi) is 6.61. The molecule has 0 heterocycles. The number of carbonyl (C=O) groups is 2. The van der Waals surface area contributed by atoms with E-state index in [2.05, 4.69) is 0 Å². The van der Waals surface area contributed by atoms with Gasteiger partial charge in [-0.25, -0.2) is 8.42 Å². The molecule has 1 fully saturated rings. The van der Waals surface area contributed by atoms with Gasteiger partial charge in [-0.1, -0.05) is 49.2 Å². The van der Waals surface area contributed by atoms with Crippen molar-refractivity contribution in [3.8, 4) is 0 Å². The number of para-hydroxylation sites is 1. The molecule has 0 bridgehead atoms. The fourth-order valence-corrected chi connectivity index (χ4v) is 6.07. The first-order valence-electron chi connectivity index (χ1n) is 10.1. The topological polar surface area (TPSA) is 80.8 Å².